The van der Waals surface area contributed by atoms with Crippen molar-refractivity contribution >= 4 is 89.0 Å². The molecule has 2 aliphatic rings. The predicted octanol–water partition coefficient (Wildman–Crippen LogP) is 3.92. The highest BCUT2D eigenvalue weighted by Crippen LogP contribution is 2.28. The summed E-state index contributed by atoms with van der Waals surface area (Å²) in [4.78, 5) is 61.8. The van der Waals surface area contributed by atoms with E-state index in [4.69, 9.17) is 26.0 Å². The monoisotopic (exact) mass is 903 g/mol. The predicted molar refractivity (Wildman–Crippen MR) is 227 cm³/mol. The number of benzene rings is 2. The van der Waals surface area contributed by atoms with Crippen LogP contribution in [0, 0.1) is 5.92 Å². The van der Waals surface area contributed by atoms with Crippen molar-refractivity contribution < 1.29 is 47.8 Å². The first-order valence-corrected chi connectivity index (χ1v) is 18.9. The van der Waals surface area contributed by atoms with Gasteiger partial charge in [0.15, 0.2) is 0 Å². The number of carboxylic acids is 1. The first-order valence-electron chi connectivity index (χ1n) is 18.9. The smallest absolute Gasteiger partial charge is 0.323 e. The van der Waals surface area contributed by atoms with Crippen LogP contribution >= 0.6 is 37.2 Å². The zero-order chi connectivity index (χ0) is 41.8. The van der Waals surface area contributed by atoms with Crippen molar-refractivity contribution in [3.8, 4) is 0 Å². The van der Waals surface area contributed by atoms with Gasteiger partial charge in [-0.15, -0.1) is 37.2 Å². The highest BCUT2D eigenvalue weighted by molar-refractivity contribution is 5.98. The maximum absolute atomic E-state index is 12.8. The summed E-state index contributed by atoms with van der Waals surface area (Å²) in [6.45, 7) is 5.13. The summed E-state index contributed by atoms with van der Waals surface area (Å²) in [6, 6.07) is 9.29. The number of esters is 2. The number of rotatable bonds is 10. The van der Waals surface area contributed by atoms with Crippen LogP contribution in [0.25, 0.3) is 22.1 Å². The molecule has 2 amide bonds. The highest BCUT2D eigenvalue weighted by atomic mass is 35.5. The van der Waals surface area contributed by atoms with Gasteiger partial charge in [-0.05, 0) is 121 Å². The molecule has 0 aliphatic heterocycles. The minimum absolute atomic E-state index is 0. The Morgan fingerprint density at radius 3 is 1.35 bits per heavy atom. The van der Waals surface area contributed by atoms with Gasteiger partial charge in [0.1, 0.15) is 46.4 Å². The Labute approximate surface area is 365 Å². The van der Waals surface area contributed by atoms with Crippen LogP contribution < -0.4 is 17.2 Å². The molecule has 2 saturated carbocycles. The van der Waals surface area contributed by atoms with Crippen molar-refractivity contribution in [2.75, 3.05) is 20.6 Å². The molecule has 7 N–H and O–H groups in total. The number of ether oxygens (including phenoxy) is 2. The summed E-state index contributed by atoms with van der Waals surface area (Å²) >= 11 is 0. The molecule has 2 aliphatic carbocycles. The number of carboxylic acid groups (broad SMARTS) is 1. The lowest BCUT2D eigenvalue weighted by Crippen LogP contribution is -2.43. The Bertz CT molecular complexity index is 1980. The molecule has 0 radical (unpaired) electrons. The van der Waals surface area contributed by atoms with E-state index in [-0.39, 0.29) is 97.7 Å². The molecule has 0 unspecified atom stereocenters. The molecule has 4 aromatic rings. The van der Waals surface area contributed by atoms with Crippen molar-refractivity contribution in [1.29, 1.82) is 0 Å². The summed E-state index contributed by atoms with van der Waals surface area (Å²) in [7, 11) is 3.60. The highest BCUT2D eigenvalue weighted by Gasteiger charge is 2.32. The van der Waals surface area contributed by atoms with Gasteiger partial charge < -0.3 is 41.6 Å². The fraction of sp³-hybridized carbons (Fsp3) is 0.553. The van der Waals surface area contributed by atoms with Gasteiger partial charge in [-0.3, -0.25) is 24.0 Å². The van der Waals surface area contributed by atoms with Crippen LogP contribution in [0.15, 0.2) is 45.7 Å². The largest absolute Gasteiger partial charge is 0.480 e. The third-order valence-corrected chi connectivity index (χ3v) is 10.1. The summed E-state index contributed by atoms with van der Waals surface area (Å²) < 4.78 is 20.2. The van der Waals surface area contributed by atoms with Gasteiger partial charge in [0.25, 0.3) is 11.8 Å². The Kier molecular flexibility index (Phi) is 22.4. The molecule has 0 bridgehead atoms. The number of hydrogen-bond donors (Lipinski definition) is 4. The molecule has 0 saturated heterocycles. The summed E-state index contributed by atoms with van der Waals surface area (Å²) in [6.07, 6.45) is 5.81. The van der Waals surface area contributed by atoms with Crippen molar-refractivity contribution in [1.82, 2.24) is 30.4 Å². The second kappa shape index (κ2) is 25.2. The number of nitrogens with zero attached hydrogens (tertiary/aromatic N) is 6. The van der Waals surface area contributed by atoms with E-state index in [2.05, 4.69) is 35.6 Å². The normalized spacial score (nSPS) is 19.2. The van der Waals surface area contributed by atoms with Crippen molar-refractivity contribution in [3.63, 3.8) is 0 Å². The molecule has 0 spiro atoms. The van der Waals surface area contributed by atoms with Gasteiger partial charge in [0.2, 0.25) is 0 Å². The van der Waals surface area contributed by atoms with Crippen molar-refractivity contribution in [2.45, 2.75) is 109 Å². The van der Waals surface area contributed by atoms with Crippen LogP contribution in [0.5, 0.6) is 0 Å². The Hall–Kier alpha value is -4.66. The third kappa shape index (κ3) is 14.8. The van der Waals surface area contributed by atoms with Crippen molar-refractivity contribution in [2.24, 2.45) is 23.1 Å². The number of aliphatic carboxylic acids is 1. The Morgan fingerprint density at radius 1 is 0.667 bits per heavy atom. The lowest BCUT2D eigenvalue weighted by atomic mass is 9.91. The lowest BCUT2D eigenvalue weighted by molar-refractivity contribution is -0.154. The van der Waals surface area contributed by atoms with Crippen LogP contribution in [-0.2, 0) is 23.9 Å². The zero-order valence-electron chi connectivity index (χ0n) is 34.1. The first kappa shape index (κ1) is 53.4. The summed E-state index contributed by atoms with van der Waals surface area (Å²) in [5.74, 6) is -1.77. The molecule has 2 heterocycles. The average Bonchev–Trinajstić information content (AvgIpc) is 3.89. The van der Waals surface area contributed by atoms with Crippen LogP contribution in [-0.4, -0.2) is 122 Å². The Balaban J connectivity index is 0.000000517. The van der Waals surface area contributed by atoms with Crippen molar-refractivity contribution in [3.05, 3.63) is 47.5 Å². The molecule has 2 aromatic heterocycles. The van der Waals surface area contributed by atoms with Crippen LogP contribution in [0.4, 0.5) is 0 Å². The number of carbonyl (C=O) groups is 5. The van der Waals surface area contributed by atoms with E-state index in [1.54, 1.807) is 67.2 Å². The van der Waals surface area contributed by atoms with E-state index in [9.17, 15) is 24.0 Å². The van der Waals surface area contributed by atoms with Crippen LogP contribution in [0.2, 0.25) is 0 Å². The zero-order valence-corrected chi connectivity index (χ0v) is 36.6. The van der Waals surface area contributed by atoms with E-state index in [0.29, 0.717) is 33.2 Å². The SMILES string of the molecule is CC(C)[C@H](N)C(=O)OC1CCC(N(C)C(=O)c2ccc3nonc3c2)CC1.C[C@H](N)C(=O)OC1CCC(N(C)C(=O)c2ccc3nonc3c2)CC1.Cl.Cl.Cl.NCC(=O)O. The second-order valence-electron chi connectivity index (χ2n) is 14.7. The van der Waals surface area contributed by atoms with E-state index in [0.717, 1.165) is 51.4 Å². The molecule has 2 atom stereocenters. The molecular formula is C38H56Cl3N9O10. The molecule has 334 valence electrons. The van der Waals surface area contributed by atoms with Gasteiger partial charge >= 0.3 is 17.9 Å². The average molecular weight is 905 g/mol. The number of fused-ring (bicyclic) bond motifs is 2. The van der Waals surface area contributed by atoms with Gasteiger partial charge in [-0.25, -0.2) is 9.26 Å². The number of hydrogen-bond acceptors (Lipinski definition) is 16. The first-order chi connectivity index (χ1) is 27.1. The topological polar surface area (TPSA) is 286 Å². The maximum atomic E-state index is 12.8. The minimum atomic E-state index is -0.968. The molecule has 2 aromatic carbocycles. The van der Waals surface area contributed by atoms with Crippen LogP contribution in [0.3, 0.4) is 0 Å². The van der Waals surface area contributed by atoms with Gasteiger partial charge in [-0.2, -0.15) is 0 Å². The van der Waals surface area contributed by atoms with E-state index in [1.807, 2.05) is 13.8 Å². The standard InChI is InChI=1S/C19H26N4O4.C17H22N4O4.C2H5NO2.3ClH/c1-11(2)17(20)19(25)26-14-7-5-13(6-8-14)23(3)18(24)12-4-9-15-16(10-12)22-27-21-15;1-10(18)17(23)24-13-6-4-12(5-7-13)21(2)16(22)11-3-8-14-15(9-11)20-25-19-14;3-1-2(4)5;;;/h4,9-11,13-14,17H,5-8,20H2,1-3H3;3,8-10,12-13H,4-7,18H2,1-2H3;1,3H2,(H,4,5);3*1H/t13?,14?,17-;10-,12?,13?;;;;/m00..../s1. The molecule has 2 fully saturated rings. The number of carbonyl (C=O) groups excluding carboxylic acids is 4. The summed E-state index contributed by atoms with van der Waals surface area (Å²) in [5.41, 5.74) is 19.4. The fourth-order valence-corrected chi connectivity index (χ4v) is 6.46. The lowest BCUT2D eigenvalue weighted by Gasteiger charge is -2.35. The molecule has 6 rings (SSSR count). The van der Waals surface area contributed by atoms with Gasteiger partial charge in [-0.1, -0.05) is 13.8 Å². The maximum Gasteiger partial charge on any atom is 0.323 e. The van der Waals surface area contributed by atoms with E-state index >= 15 is 0 Å². The third-order valence-electron chi connectivity index (χ3n) is 10.1. The molecular weight excluding hydrogens is 849 g/mol. The second-order valence-corrected chi connectivity index (χ2v) is 14.7. The van der Waals surface area contributed by atoms with Gasteiger partial charge in [0.05, 0.1) is 6.54 Å². The minimum Gasteiger partial charge on any atom is -0.480 e. The Morgan fingerprint density at radius 2 is 1.02 bits per heavy atom. The molecule has 22 heteroatoms. The van der Waals surface area contributed by atoms with Gasteiger partial charge in [0, 0.05) is 37.3 Å². The number of aromatic nitrogens is 4. The quantitative estimate of drug-likeness (QED) is 0.164. The fourth-order valence-electron chi connectivity index (χ4n) is 6.46. The molecule has 60 heavy (non-hydrogen) atoms. The summed E-state index contributed by atoms with van der Waals surface area (Å²) in [5, 5.41) is 22.6. The molecule has 19 nitrogen and oxygen atoms in total. The number of amides is 2. The van der Waals surface area contributed by atoms with E-state index in [1.165, 1.54) is 0 Å². The van der Waals surface area contributed by atoms with E-state index < -0.39 is 18.1 Å². The number of halogens is 3. The number of nitrogens with two attached hydrogens (primary N) is 3. The van der Waals surface area contributed by atoms with Crippen LogP contribution in [0.1, 0.15) is 92.9 Å².